The fraction of sp³-hybridized carbons (Fsp3) is 0.409. The predicted molar refractivity (Wildman–Crippen MR) is 127 cm³/mol. The molecule has 180 valence electrons. The van der Waals surface area contributed by atoms with Crippen molar-refractivity contribution >= 4 is 33.0 Å². The highest BCUT2D eigenvalue weighted by molar-refractivity contribution is 7.89. The van der Waals surface area contributed by atoms with Crippen molar-refractivity contribution in [2.24, 2.45) is 0 Å². The van der Waals surface area contributed by atoms with Crippen LogP contribution < -0.4 is 15.0 Å². The molecule has 0 aliphatic heterocycles. The van der Waals surface area contributed by atoms with Crippen LogP contribution in [0, 0.1) is 10.1 Å². The summed E-state index contributed by atoms with van der Waals surface area (Å²) >= 11 is 0. The highest BCUT2D eigenvalue weighted by Crippen LogP contribution is 2.30. The summed E-state index contributed by atoms with van der Waals surface area (Å²) in [4.78, 5) is 24.9. The molecule has 0 atom stereocenters. The van der Waals surface area contributed by atoms with Gasteiger partial charge in [0.2, 0.25) is 10.0 Å². The van der Waals surface area contributed by atoms with Crippen molar-refractivity contribution in [1.29, 1.82) is 0 Å². The van der Waals surface area contributed by atoms with E-state index in [1.165, 1.54) is 34.6 Å². The van der Waals surface area contributed by atoms with Crippen molar-refractivity contribution in [2.45, 2.75) is 32.6 Å². The lowest BCUT2D eigenvalue weighted by Crippen LogP contribution is -2.31. The number of nitrogens with zero attached hydrogens (tertiary/aromatic N) is 3. The SMILES string of the molecule is CCN(CC)c1ccc(S(=O)(=O)N(CC)CC)cc1NC(=O)COc1ccc([N+](=O)[O-])cc1. The lowest BCUT2D eigenvalue weighted by molar-refractivity contribution is -0.384. The van der Waals surface area contributed by atoms with Gasteiger partial charge in [-0.1, -0.05) is 13.8 Å². The number of non-ortho nitro benzene ring substituents is 1. The van der Waals surface area contributed by atoms with E-state index >= 15 is 0 Å². The van der Waals surface area contributed by atoms with Crippen LogP contribution in [-0.2, 0) is 14.8 Å². The number of benzene rings is 2. The van der Waals surface area contributed by atoms with Crippen LogP contribution in [0.5, 0.6) is 5.75 Å². The summed E-state index contributed by atoms with van der Waals surface area (Å²) in [5.41, 5.74) is 0.980. The molecule has 33 heavy (non-hydrogen) atoms. The second-order valence-electron chi connectivity index (χ2n) is 7.03. The molecule has 0 saturated carbocycles. The van der Waals surface area contributed by atoms with Crippen molar-refractivity contribution in [3.63, 3.8) is 0 Å². The van der Waals surface area contributed by atoms with Gasteiger partial charge in [0.15, 0.2) is 6.61 Å². The predicted octanol–water partition coefficient (Wildman–Crippen LogP) is 3.49. The van der Waals surface area contributed by atoms with Crippen LogP contribution in [-0.4, -0.2) is 56.3 Å². The first-order valence-electron chi connectivity index (χ1n) is 10.7. The number of sulfonamides is 1. The first kappa shape index (κ1) is 26.1. The number of rotatable bonds is 12. The number of nitro groups is 1. The Morgan fingerprint density at radius 2 is 1.61 bits per heavy atom. The van der Waals surface area contributed by atoms with Crippen LogP contribution >= 0.6 is 0 Å². The van der Waals surface area contributed by atoms with E-state index in [0.717, 1.165) is 0 Å². The Hall–Kier alpha value is -3.18. The first-order valence-corrected chi connectivity index (χ1v) is 12.2. The number of nitrogens with one attached hydrogen (secondary N) is 1. The molecule has 0 aliphatic rings. The number of hydrogen-bond acceptors (Lipinski definition) is 7. The Morgan fingerprint density at radius 3 is 2.12 bits per heavy atom. The van der Waals surface area contributed by atoms with Gasteiger partial charge < -0.3 is 15.0 Å². The van der Waals surface area contributed by atoms with Gasteiger partial charge in [-0.05, 0) is 44.2 Å². The number of anilines is 2. The van der Waals surface area contributed by atoms with Crippen molar-refractivity contribution in [3.05, 3.63) is 52.6 Å². The van der Waals surface area contributed by atoms with Crippen molar-refractivity contribution in [1.82, 2.24) is 4.31 Å². The topological polar surface area (TPSA) is 122 Å². The number of nitro benzene ring substituents is 1. The zero-order chi connectivity index (χ0) is 24.6. The molecule has 1 amide bonds. The molecule has 0 heterocycles. The van der Waals surface area contributed by atoms with E-state index in [4.69, 9.17) is 4.74 Å². The number of amides is 1. The standard InChI is InChI=1S/C22H30N4O6S/c1-5-24(6-2)21-14-13-19(33(30,31)25(7-3)8-4)15-20(21)23-22(27)16-32-18-11-9-17(10-12-18)26(28)29/h9-15H,5-8,16H2,1-4H3,(H,23,27). The van der Waals surface area contributed by atoms with Crippen molar-refractivity contribution < 1.29 is 22.9 Å². The van der Waals surface area contributed by atoms with Gasteiger partial charge in [0.05, 0.1) is 21.2 Å². The molecule has 0 bridgehead atoms. The normalized spacial score (nSPS) is 11.3. The van der Waals surface area contributed by atoms with Gasteiger partial charge in [-0.25, -0.2) is 8.42 Å². The Bertz CT molecular complexity index is 1060. The smallest absolute Gasteiger partial charge is 0.269 e. The minimum Gasteiger partial charge on any atom is -0.484 e. The summed E-state index contributed by atoms with van der Waals surface area (Å²) in [6.07, 6.45) is 0. The van der Waals surface area contributed by atoms with Crippen LogP contribution in [0.15, 0.2) is 47.4 Å². The minimum absolute atomic E-state index is 0.0816. The fourth-order valence-corrected chi connectivity index (χ4v) is 4.81. The van der Waals surface area contributed by atoms with E-state index in [2.05, 4.69) is 5.32 Å². The monoisotopic (exact) mass is 478 g/mol. The zero-order valence-corrected chi connectivity index (χ0v) is 20.1. The van der Waals surface area contributed by atoms with E-state index in [9.17, 15) is 23.3 Å². The Kier molecular flexibility index (Phi) is 9.18. The maximum Gasteiger partial charge on any atom is 0.269 e. The van der Waals surface area contributed by atoms with Gasteiger partial charge in [-0.2, -0.15) is 4.31 Å². The molecular formula is C22H30N4O6S. The van der Waals surface area contributed by atoms with Crippen LogP contribution in [0.25, 0.3) is 0 Å². The van der Waals surface area contributed by atoms with Crippen molar-refractivity contribution in [3.8, 4) is 5.75 Å². The molecule has 0 saturated heterocycles. The highest BCUT2D eigenvalue weighted by atomic mass is 32.2. The van der Waals surface area contributed by atoms with E-state index < -0.39 is 20.9 Å². The zero-order valence-electron chi connectivity index (χ0n) is 19.3. The summed E-state index contributed by atoms with van der Waals surface area (Å²) in [6.45, 7) is 9.13. The third-order valence-corrected chi connectivity index (χ3v) is 7.15. The average Bonchev–Trinajstić information content (AvgIpc) is 2.80. The molecular weight excluding hydrogens is 448 g/mol. The third-order valence-electron chi connectivity index (χ3n) is 5.11. The van der Waals surface area contributed by atoms with Gasteiger partial charge in [-0.3, -0.25) is 14.9 Å². The maximum atomic E-state index is 13.0. The second-order valence-corrected chi connectivity index (χ2v) is 8.97. The fourth-order valence-electron chi connectivity index (χ4n) is 3.33. The molecule has 2 aromatic rings. The highest BCUT2D eigenvalue weighted by Gasteiger charge is 2.24. The lowest BCUT2D eigenvalue weighted by atomic mass is 10.2. The van der Waals surface area contributed by atoms with E-state index in [1.807, 2.05) is 18.7 Å². The summed E-state index contributed by atoms with van der Waals surface area (Å²) in [5.74, 6) is -0.184. The van der Waals surface area contributed by atoms with Crippen LogP contribution in [0.4, 0.5) is 17.1 Å². The van der Waals surface area contributed by atoms with Gasteiger partial charge in [-0.15, -0.1) is 0 Å². The molecule has 2 aromatic carbocycles. The van der Waals surface area contributed by atoms with Gasteiger partial charge in [0, 0.05) is 38.3 Å². The first-order chi connectivity index (χ1) is 15.7. The summed E-state index contributed by atoms with van der Waals surface area (Å²) in [6, 6.07) is 10.1. The quantitative estimate of drug-likeness (QED) is 0.366. The summed E-state index contributed by atoms with van der Waals surface area (Å²) in [7, 11) is -3.70. The minimum atomic E-state index is -3.70. The van der Waals surface area contributed by atoms with E-state index in [0.29, 0.717) is 43.3 Å². The van der Waals surface area contributed by atoms with Crippen LogP contribution in [0.2, 0.25) is 0 Å². The molecule has 11 heteroatoms. The largest absolute Gasteiger partial charge is 0.484 e. The number of carbonyl (C=O) groups excluding carboxylic acids is 1. The van der Waals surface area contributed by atoms with E-state index in [-0.39, 0.29) is 17.2 Å². The lowest BCUT2D eigenvalue weighted by Gasteiger charge is -2.26. The number of hydrogen-bond donors (Lipinski definition) is 1. The molecule has 0 unspecified atom stereocenters. The number of carbonyl (C=O) groups is 1. The molecule has 1 N–H and O–H groups in total. The maximum absolute atomic E-state index is 13.0. The molecule has 0 aromatic heterocycles. The molecule has 0 fully saturated rings. The van der Waals surface area contributed by atoms with Gasteiger partial charge >= 0.3 is 0 Å². The number of ether oxygens (including phenoxy) is 1. The average molecular weight is 479 g/mol. The molecule has 10 nitrogen and oxygen atoms in total. The molecule has 0 spiro atoms. The Labute approximate surface area is 194 Å². The molecule has 0 aliphatic carbocycles. The Morgan fingerprint density at radius 1 is 1.00 bits per heavy atom. The third kappa shape index (κ3) is 6.42. The Balaban J connectivity index is 2.27. The second kappa shape index (κ2) is 11.6. The van der Waals surface area contributed by atoms with Crippen LogP contribution in [0.3, 0.4) is 0 Å². The van der Waals surface area contributed by atoms with Crippen molar-refractivity contribution in [2.75, 3.05) is 43.0 Å². The van der Waals surface area contributed by atoms with Crippen LogP contribution in [0.1, 0.15) is 27.7 Å². The van der Waals surface area contributed by atoms with Gasteiger partial charge in [0.25, 0.3) is 11.6 Å². The summed E-state index contributed by atoms with van der Waals surface area (Å²) < 4.78 is 32.7. The van der Waals surface area contributed by atoms with Gasteiger partial charge in [0.1, 0.15) is 5.75 Å². The van der Waals surface area contributed by atoms with E-state index in [1.54, 1.807) is 26.0 Å². The molecule has 2 rings (SSSR count). The summed E-state index contributed by atoms with van der Waals surface area (Å²) in [5, 5.41) is 13.5. The molecule has 0 radical (unpaired) electrons.